The third kappa shape index (κ3) is 4.74. The molecule has 1 aromatic rings. The van der Waals surface area contributed by atoms with Gasteiger partial charge in [0, 0.05) is 6.20 Å². The molecule has 0 fully saturated rings. The highest BCUT2D eigenvalue weighted by Gasteiger charge is 2.18. The van der Waals surface area contributed by atoms with Crippen LogP contribution in [0, 0.1) is 6.92 Å². The van der Waals surface area contributed by atoms with E-state index in [1.807, 2.05) is 32.9 Å². The summed E-state index contributed by atoms with van der Waals surface area (Å²) in [6, 6.07) is 3.60. The summed E-state index contributed by atoms with van der Waals surface area (Å²) in [5.41, 5.74) is 1.88. The Balaban J connectivity index is 2.79. The monoisotopic (exact) mass is 270 g/mol. The van der Waals surface area contributed by atoms with Crippen LogP contribution in [0.25, 0.3) is 0 Å². The summed E-state index contributed by atoms with van der Waals surface area (Å²) in [6.07, 6.45) is 3.98. The predicted molar refractivity (Wildman–Crippen MR) is 73.8 cm³/mol. The molecular weight excluding hydrogens is 248 g/mol. The lowest BCUT2D eigenvalue weighted by Crippen LogP contribution is -2.30. The summed E-state index contributed by atoms with van der Waals surface area (Å²) in [4.78, 5) is 4.25. The van der Waals surface area contributed by atoms with E-state index < -0.39 is 10.0 Å². The van der Waals surface area contributed by atoms with Crippen molar-refractivity contribution in [3.63, 3.8) is 0 Å². The minimum Gasteiger partial charge on any atom is -0.260 e. The number of aryl methyl sites for hydroxylation is 1. The van der Waals surface area contributed by atoms with Crippen molar-refractivity contribution in [1.29, 1.82) is 0 Å². The molecule has 18 heavy (non-hydrogen) atoms. The maximum atomic E-state index is 11.9. The third-order valence-corrected chi connectivity index (χ3v) is 4.26. The largest absolute Gasteiger partial charge is 0.260 e. The summed E-state index contributed by atoms with van der Waals surface area (Å²) in [5.74, 6) is 0.186. The van der Waals surface area contributed by atoms with Gasteiger partial charge in [-0.3, -0.25) is 4.98 Å². The summed E-state index contributed by atoms with van der Waals surface area (Å²) in [6.45, 7) is 5.91. The molecule has 0 bridgehead atoms. The molecule has 1 heterocycles. The van der Waals surface area contributed by atoms with E-state index in [-0.39, 0.29) is 11.8 Å². The minimum absolute atomic E-state index is 0.186. The van der Waals surface area contributed by atoms with Crippen molar-refractivity contribution in [2.24, 2.45) is 0 Å². The van der Waals surface area contributed by atoms with E-state index in [0.29, 0.717) is 12.8 Å². The average molecular weight is 270 g/mol. The third-order valence-electron chi connectivity index (χ3n) is 2.79. The molecule has 4 nitrogen and oxygen atoms in total. The molecule has 102 valence electrons. The van der Waals surface area contributed by atoms with Crippen LogP contribution in [0.2, 0.25) is 0 Å². The first-order valence-electron chi connectivity index (χ1n) is 6.41. The van der Waals surface area contributed by atoms with Gasteiger partial charge in [-0.25, -0.2) is 13.1 Å². The standard InChI is InChI=1S/C13H22N2O2S/c1-4-6-9-18(16,17)15-12(5-2)13-10-11(3)7-8-14-13/h7-8,10,12,15H,4-6,9H2,1-3H3. The van der Waals surface area contributed by atoms with E-state index in [0.717, 1.165) is 17.7 Å². The lowest BCUT2D eigenvalue weighted by molar-refractivity contribution is 0.542. The Labute approximate surface area is 110 Å². The summed E-state index contributed by atoms with van der Waals surface area (Å²) >= 11 is 0. The number of hydrogen-bond acceptors (Lipinski definition) is 3. The second-order valence-corrected chi connectivity index (χ2v) is 6.38. The first-order chi connectivity index (χ1) is 8.48. The van der Waals surface area contributed by atoms with E-state index in [9.17, 15) is 8.42 Å². The normalized spacial score (nSPS) is 13.5. The van der Waals surface area contributed by atoms with Crippen molar-refractivity contribution in [3.8, 4) is 0 Å². The van der Waals surface area contributed by atoms with E-state index in [2.05, 4.69) is 9.71 Å². The topological polar surface area (TPSA) is 59.1 Å². The molecule has 1 N–H and O–H groups in total. The zero-order valence-corrected chi connectivity index (χ0v) is 12.1. The van der Waals surface area contributed by atoms with Crippen LogP contribution in [-0.2, 0) is 10.0 Å². The van der Waals surface area contributed by atoms with Crippen molar-refractivity contribution in [1.82, 2.24) is 9.71 Å². The van der Waals surface area contributed by atoms with Gasteiger partial charge in [-0.1, -0.05) is 20.3 Å². The number of pyridine rings is 1. The number of rotatable bonds is 7. The number of sulfonamides is 1. The minimum atomic E-state index is -3.21. The Morgan fingerprint density at radius 3 is 2.67 bits per heavy atom. The first-order valence-corrected chi connectivity index (χ1v) is 8.06. The number of unbranched alkanes of at least 4 members (excludes halogenated alkanes) is 1. The van der Waals surface area contributed by atoms with E-state index in [4.69, 9.17) is 0 Å². The molecule has 1 unspecified atom stereocenters. The maximum absolute atomic E-state index is 11.9. The molecular formula is C13H22N2O2S. The maximum Gasteiger partial charge on any atom is 0.212 e. The van der Waals surface area contributed by atoms with Gasteiger partial charge in [-0.2, -0.15) is 0 Å². The summed E-state index contributed by atoms with van der Waals surface area (Å²) < 4.78 is 26.5. The molecule has 0 saturated heterocycles. The number of nitrogens with zero attached hydrogens (tertiary/aromatic N) is 1. The predicted octanol–water partition coefficient (Wildman–Crippen LogP) is 2.56. The fourth-order valence-electron chi connectivity index (χ4n) is 1.71. The lowest BCUT2D eigenvalue weighted by Gasteiger charge is -2.16. The van der Waals surface area contributed by atoms with Gasteiger partial charge in [-0.05, 0) is 37.5 Å². The highest BCUT2D eigenvalue weighted by atomic mass is 32.2. The zero-order valence-electron chi connectivity index (χ0n) is 11.3. The van der Waals surface area contributed by atoms with Crippen molar-refractivity contribution in [3.05, 3.63) is 29.6 Å². The molecule has 0 aliphatic heterocycles. The molecule has 0 saturated carbocycles. The average Bonchev–Trinajstić information content (AvgIpc) is 2.33. The summed E-state index contributed by atoms with van der Waals surface area (Å²) in [5, 5.41) is 0. The SMILES string of the molecule is CCCCS(=O)(=O)NC(CC)c1cc(C)ccn1. The van der Waals surface area contributed by atoms with E-state index in [1.54, 1.807) is 6.20 Å². The highest BCUT2D eigenvalue weighted by molar-refractivity contribution is 7.89. The Bertz CT molecular complexity index is 472. The van der Waals surface area contributed by atoms with Crippen LogP contribution in [-0.4, -0.2) is 19.2 Å². The number of aromatic nitrogens is 1. The second-order valence-electron chi connectivity index (χ2n) is 4.51. The van der Waals surface area contributed by atoms with Crippen LogP contribution in [0.4, 0.5) is 0 Å². The van der Waals surface area contributed by atoms with Crippen LogP contribution >= 0.6 is 0 Å². The molecule has 1 atom stereocenters. The van der Waals surface area contributed by atoms with E-state index >= 15 is 0 Å². The lowest BCUT2D eigenvalue weighted by atomic mass is 10.1. The van der Waals surface area contributed by atoms with Crippen molar-refractivity contribution in [2.75, 3.05) is 5.75 Å². The van der Waals surface area contributed by atoms with Crippen LogP contribution in [0.5, 0.6) is 0 Å². The Morgan fingerprint density at radius 1 is 1.39 bits per heavy atom. The number of nitrogens with one attached hydrogen (secondary N) is 1. The van der Waals surface area contributed by atoms with E-state index in [1.165, 1.54) is 0 Å². The highest BCUT2D eigenvalue weighted by Crippen LogP contribution is 2.16. The fourth-order valence-corrected chi connectivity index (χ4v) is 3.22. The van der Waals surface area contributed by atoms with Crippen molar-refractivity contribution in [2.45, 2.75) is 46.1 Å². The molecule has 1 aromatic heterocycles. The Hall–Kier alpha value is -0.940. The van der Waals surface area contributed by atoms with Crippen molar-refractivity contribution >= 4 is 10.0 Å². The summed E-state index contributed by atoms with van der Waals surface area (Å²) in [7, 11) is -3.21. The van der Waals surface area contributed by atoms with Crippen LogP contribution in [0.3, 0.4) is 0 Å². The van der Waals surface area contributed by atoms with Crippen molar-refractivity contribution < 1.29 is 8.42 Å². The van der Waals surface area contributed by atoms with Gasteiger partial charge in [0.2, 0.25) is 10.0 Å². The smallest absolute Gasteiger partial charge is 0.212 e. The molecule has 0 aliphatic carbocycles. The van der Waals surface area contributed by atoms with Gasteiger partial charge in [0.1, 0.15) is 0 Å². The Kier molecular flexibility index (Phi) is 5.75. The molecule has 0 spiro atoms. The van der Waals surface area contributed by atoms with Crippen LogP contribution < -0.4 is 4.72 Å². The van der Waals surface area contributed by atoms with Gasteiger partial charge in [0.25, 0.3) is 0 Å². The zero-order chi connectivity index (χ0) is 13.6. The molecule has 0 radical (unpaired) electrons. The molecule has 1 rings (SSSR count). The van der Waals surface area contributed by atoms with Crippen LogP contribution in [0.15, 0.2) is 18.3 Å². The van der Waals surface area contributed by atoms with Gasteiger partial charge in [0.15, 0.2) is 0 Å². The van der Waals surface area contributed by atoms with Gasteiger partial charge < -0.3 is 0 Å². The fraction of sp³-hybridized carbons (Fsp3) is 0.615. The Morgan fingerprint density at radius 2 is 2.11 bits per heavy atom. The first kappa shape index (κ1) is 15.1. The molecule has 0 aliphatic rings. The van der Waals surface area contributed by atoms with Gasteiger partial charge in [-0.15, -0.1) is 0 Å². The van der Waals surface area contributed by atoms with Gasteiger partial charge in [0.05, 0.1) is 17.5 Å². The molecule has 0 aromatic carbocycles. The second kappa shape index (κ2) is 6.85. The molecule has 5 heteroatoms. The number of hydrogen-bond donors (Lipinski definition) is 1. The quantitative estimate of drug-likeness (QED) is 0.828. The molecule has 0 amide bonds. The van der Waals surface area contributed by atoms with Gasteiger partial charge >= 0.3 is 0 Å². The van der Waals surface area contributed by atoms with Crippen LogP contribution in [0.1, 0.15) is 50.4 Å².